The van der Waals surface area contributed by atoms with E-state index in [1.165, 1.54) is 13.0 Å². The normalized spacial score (nSPS) is 27.0. The maximum Gasteiger partial charge on any atom is 0.417 e. The number of rotatable bonds is 8. The monoisotopic (exact) mass is 638 g/mol. The van der Waals surface area contributed by atoms with Gasteiger partial charge in [-0.05, 0) is 69.7 Å². The molecular formula is C32H43F5N6O2. The number of likely N-dealkylation sites (tertiary alicyclic amines) is 1. The summed E-state index contributed by atoms with van der Waals surface area (Å²) in [7, 11) is 1.82. The van der Waals surface area contributed by atoms with Crippen molar-refractivity contribution in [2.24, 2.45) is 5.92 Å². The quantitative estimate of drug-likeness (QED) is 0.241. The van der Waals surface area contributed by atoms with Gasteiger partial charge < -0.3 is 20.5 Å². The minimum Gasteiger partial charge on any atom is -0.462 e. The fourth-order valence-electron chi connectivity index (χ4n) is 7.36. The van der Waals surface area contributed by atoms with E-state index in [1.54, 1.807) is 0 Å². The highest BCUT2D eigenvalue weighted by atomic mass is 19.4. The second-order valence-electron chi connectivity index (χ2n) is 12.7. The van der Waals surface area contributed by atoms with Crippen molar-refractivity contribution in [3.63, 3.8) is 0 Å². The van der Waals surface area contributed by atoms with Crippen LogP contribution in [0.15, 0.2) is 18.7 Å². The van der Waals surface area contributed by atoms with Crippen LogP contribution >= 0.6 is 0 Å². The maximum atomic E-state index is 15.7. The minimum atomic E-state index is -4.77. The van der Waals surface area contributed by atoms with E-state index in [2.05, 4.69) is 11.5 Å². The highest BCUT2D eigenvalue weighted by molar-refractivity contribution is 5.57. The molecular weight excluding hydrogens is 595 g/mol. The average molecular weight is 639 g/mol. The van der Waals surface area contributed by atoms with Gasteiger partial charge in [0.15, 0.2) is 0 Å². The van der Waals surface area contributed by atoms with Crippen LogP contribution in [-0.4, -0.2) is 89.2 Å². The molecule has 2 aliphatic heterocycles. The molecule has 5 rings (SSSR count). The molecule has 1 aromatic carbocycles. The molecule has 0 amide bonds. The summed E-state index contributed by atoms with van der Waals surface area (Å²) in [6.45, 7) is 10.9. The largest absolute Gasteiger partial charge is 0.462 e. The summed E-state index contributed by atoms with van der Waals surface area (Å²) in [5.41, 5.74) is 5.36. The Labute approximate surface area is 261 Å². The molecule has 0 spiro atoms. The lowest BCUT2D eigenvalue weighted by molar-refractivity contribution is -0.139. The summed E-state index contributed by atoms with van der Waals surface area (Å²) >= 11 is 0. The fourth-order valence-corrected chi connectivity index (χ4v) is 7.36. The molecule has 13 heteroatoms. The number of halogens is 5. The van der Waals surface area contributed by atoms with Crippen molar-refractivity contribution < 1.29 is 31.8 Å². The predicted octanol–water partition coefficient (Wildman–Crippen LogP) is 4.87. The van der Waals surface area contributed by atoms with Gasteiger partial charge in [0, 0.05) is 49.4 Å². The summed E-state index contributed by atoms with van der Waals surface area (Å²) in [5.74, 6) is -1.59. The number of aliphatic hydroxyl groups excluding tert-OH is 1. The van der Waals surface area contributed by atoms with Gasteiger partial charge in [-0.25, -0.2) is 8.78 Å². The van der Waals surface area contributed by atoms with E-state index in [0.717, 1.165) is 11.6 Å². The van der Waals surface area contributed by atoms with Crippen LogP contribution in [0.1, 0.15) is 60.6 Å². The topological polar surface area (TPSA) is 91.0 Å². The molecule has 3 aliphatic rings. The number of alkyl halides is 4. The molecule has 45 heavy (non-hydrogen) atoms. The zero-order valence-corrected chi connectivity index (χ0v) is 26.2. The second-order valence-corrected chi connectivity index (χ2v) is 12.7. The van der Waals surface area contributed by atoms with Crippen molar-refractivity contribution in [3.05, 3.63) is 52.5 Å². The molecule has 2 fully saturated rings. The summed E-state index contributed by atoms with van der Waals surface area (Å²) in [6.07, 6.45) is -3.85. The zero-order chi connectivity index (χ0) is 32.8. The van der Waals surface area contributed by atoms with E-state index in [9.17, 15) is 22.7 Å². The van der Waals surface area contributed by atoms with Gasteiger partial charge in [-0.1, -0.05) is 19.9 Å². The molecule has 6 atom stereocenters. The number of piperazine rings is 1. The Morgan fingerprint density at radius 3 is 2.56 bits per heavy atom. The molecule has 3 N–H and O–H groups in total. The standard InChI is InChI=1S/C32H43F5N6O2/c1-6-19-11-23-25(13-22(19)27-28(32(35,36)37)17(3)10-24(38)29(27)34)39-31(45-16-21-12-20(33)15-41(21)5)40-30(23)43-9-8-42(14-18(43)4)26(44)7-2/h7,10,18-22,26,44H,2,6,8-9,11-16,38H2,1,3-5H3/t18-,19-,20+,21-,22-,26?/m0/s1. The average Bonchev–Trinajstić information content (AvgIpc) is 3.31. The van der Waals surface area contributed by atoms with E-state index in [1.807, 2.05) is 30.7 Å². The number of fused-ring (bicyclic) bond motifs is 1. The number of ether oxygens (including phenoxy) is 1. The number of aromatic nitrogens is 2. The third-order valence-electron chi connectivity index (χ3n) is 9.76. The van der Waals surface area contributed by atoms with Crippen LogP contribution in [0.4, 0.5) is 33.5 Å². The molecule has 1 aliphatic carbocycles. The van der Waals surface area contributed by atoms with E-state index in [-0.39, 0.29) is 48.3 Å². The van der Waals surface area contributed by atoms with Crippen LogP contribution in [0.5, 0.6) is 6.01 Å². The van der Waals surface area contributed by atoms with E-state index in [0.29, 0.717) is 57.0 Å². The van der Waals surface area contributed by atoms with Gasteiger partial charge in [0.1, 0.15) is 30.6 Å². The predicted molar refractivity (Wildman–Crippen MR) is 163 cm³/mol. The highest BCUT2D eigenvalue weighted by Gasteiger charge is 2.44. The van der Waals surface area contributed by atoms with E-state index >= 15 is 4.39 Å². The summed E-state index contributed by atoms with van der Waals surface area (Å²) < 4.78 is 79.0. The molecule has 3 heterocycles. The van der Waals surface area contributed by atoms with Crippen LogP contribution in [-0.2, 0) is 19.0 Å². The lowest BCUT2D eigenvalue weighted by Gasteiger charge is -2.43. The van der Waals surface area contributed by atoms with Crippen molar-refractivity contribution >= 4 is 11.5 Å². The summed E-state index contributed by atoms with van der Waals surface area (Å²) in [4.78, 5) is 15.4. The van der Waals surface area contributed by atoms with E-state index in [4.69, 9.17) is 20.4 Å². The van der Waals surface area contributed by atoms with Crippen LogP contribution in [0, 0.1) is 18.7 Å². The highest BCUT2D eigenvalue weighted by Crippen LogP contribution is 2.48. The molecule has 248 valence electrons. The van der Waals surface area contributed by atoms with Gasteiger partial charge in [-0.15, -0.1) is 0 Å². The molecule has 2 aromatic rings. The Balaban J connectivity index is 1.57. The maximum absolute atomic E-state index is 15.7. The number of hydrogen-bond donors (Lipinski definition) is 2. The first-order valence-electron chi connectivity index (χ1n) is 15.6. The fraction of sp³-hybridized carbons (Fsp3) is 0.625. The van der Waals surface area contributed by atoms with Gasteiger partial charge in [0.05, 0.1) is 16.9 Å². The minimum absolute atomic E-state index is 0.0437. The number of benzene rings is 1. The van der Waals surface area contributed by atoms with Crippen LogP contribution in [0.2, 0.25) is 0 Å². The smallest absolute Gasteiger partial charge is 0.417 e. The van der Waals surface area contributed by atoms with Crippen LogP contribution in [0.25, 0.3) is 0 Å². The molecule has 1 aromatic heterocycles. The number of likely N-dealkylation sites (N-methyl/N-ethyl adjacent to an activating group) is 1. The van der Waals surface area contributed by atoms with Gasteiger partial charge in [0.2, 0.25) is 0 Å². The van der Waals surface area contributed by atoms with Gasteiger partial charge in [0.25, 0.3) is 0 Å². The third-order valence-corrected chi connectivity index (χ3v) is 9.76. The summed E-state index contributed by atoms with van der Waals surface area (Å²) in [6, 6.07) is 0.825. The van der Waals surface area contributed by atoms with Crippen molar-refractivity contribution in [2.45, 2.75) is 83.0 Å². The zero-order valence-electron chi connectivity index (χ0n) is 26.2. The summed E-state index contributed by atoms with van der Waals surface area (Å²) in [5, 5.41) is 10.3. The SMILES string of the molecule is C=CC(O)N1CCN(c2nc(OC[C@@H]3C[C@@H](F)CN3C)nc3c2C[C@H](CC)[C@@H](c2c(F)c(N)cc(C)c2C(F)(F)F)C3)[C@@H](C)C1. The van der Waals surface area contributed by atoms with Crippen molar-refractivity contribution in [1.29, 1.82) is 0 Å². The first-order valence-corrected chi connectivity index (χ1v) is 15.6. The first-order chi connectivity index (χ1) is 21.2. The van der Waals surface area contributed by atoms with Crippen molar-refractivity contribution in [2.75, 3.05) is 50.5 Å². The molecule has 0 radical (unpaired) electrons. The van der Waals surface area contributed by atoms with Crippen molar-refractivity contribution in [3.8, 4) is 6.01 Å². The Kier molecular flexibility index (Phi) is 9.63. The lowest BCUT2D eigenvalue weighted by Crippen LogP contribution is -2.55. The Hall–Kier alpha value is -3.03. The molecule has 8 nitrogen and oxygen atoms in total. The van der Waals surface area contributed by atoms with Gasteiger partial charge >= 0.3 is 12.2 Å². The molecule has 0 bridgehead atoms. The number of anilines is 2. The number of nitrogens with two attached hydrogens (primary N) is 1. The molecule has 0 saturated carbocycles. The third kappa shape index (κ3) is 6.62. The Bertz CT molecular complexity index is 1410. The van der Waals surface area contributed by atoms with Gasteiger partial charge in [-0.2, -0.15) is 23.1 Å². The number of hydrogen-bond acceptors (Lipinski definition) is 8. The number of aliphatic hydroxyl groups is 1. The number of aryl methyl sites for hydroxylation is 1. The van der Waals surface area contributed by atoms with Crippen LogP contribution < -0.4 is 15.4 Å². The molecule has 2 saturated heterocycles. The number of nitrogens with zero attached hydrogens (tertiary/aromatic N) is 5. The van der Waals surface area contributed by atoms with Gasteiger partial charge in [-0.3, -0.25) is 9.80 Å². The van der Waals surface area contributed by atoms with Crippen molar-refractivity contribution in [1.82, 2.24) is 19.8 Å². The van der Waals surface area contributed by atoms with Crippen LogP contribution in [0.3, 0.4) is 0 Å². The second kappa shape index (κ2) is 13.0. The number of nitrogen functional groups attached to an aromatic ring is 1. The Morgan fingerprint density at radius 2 is 1.96 bits per heavy atom. The first kappa shape index (κ1) is 33.3. The molecule has 1 unspecified atom stereocenters. The van der Waals surface area contributed by atoms with E-state index < -0.39 is 41.4 Å². The Morgan fingerprint density at radius 1 is 1.22 bits per heavy atom. The lowest BCUT2D eigenvalue weighted by atomic mass is 9.71.